The van der Waals surface area contributed by atoms with Gasteiger partial charge in [-0.1, -0.05) is 19.1 Å². The normalized spacial score (nSPS) is 12.4. The van der Waals surface area contributed by atoms with Crippen molar-refractivity contribution in [3.05, 3.63) is 29.8 Å². The van der Waals surface area contributed by atoms with Crippen LogP contribution in [0.2, 0.25) is 0 Å². The van der Waals surface area contributed by atoms with Crippen molar-refractivity contribution < 1.29 is 9.47 Å². The number of hydrogen-bond acceptors (Lipinski definition) is 3. The van der Waals surface area contributed by atoms with Crippen molar-refractivity contribution in [1.29, 1.82) is 0 Å². The van der Waals surface area contributed by atoms with Crippen molar-refractivity contribution in [3.8, 4) is 5.75 Å². The number of hydrogen-bond donors (Lipinski definition) is 1. The van der Waals surface area contributed by atoms with Crippen molar-refractivity contribution in [3.63, 3.8) is 0 Å². The summed E-state index contributed by atoms with van der Waals surface area (Å²) in [7, 11) is 1.68. The molecule has 0 radical (unpaired) electrons. The number of ether oxygens (including phenoxy) is 2. The van der Waals surface area contributed by atoms with Gasteiger partial charge in [0.25, 0.3) is 0 Å². The molecule has 102 valence electrons. The predicted molar refractivity (Wildman–Crippen MR) is 75.0 cm³/mol. The maximum absolute atomic E-state index is 5.81. The fraction of sp³-hybridized carbons (Fsp3) is 0.600. The Morgan fingerprint density at radius 1 is 1.22 bits per heavy atom. The van der Waals surface area contributed by atoms with Crippen LogP contribution in [0.5, 0.6) is 5.75 Å². The summed E-state index contributed by atoms with van der Waals surface area (Å²) in [4.78, 5) is 0. The third-order valence-electron chi connectivity index (χ3n) is 2.91. The van der Waals surface area contributed by atoms with Crippen LogP contribution in [0.1, 0.15) is 32.3 Å². The lowest BCUT2D eigenvalue weighted by Crippen LogP contribution is -2.16. The van der Waals surface area contributed by atoms with E-state index >= 15 is 0 Å². The molecule has 3 heteroatoms. The first-order valence-corrected chi connectivity index (χ1v) is 6.71. The Morgan fingerprint density at radius 3 is 2.56 bits per heavy atom. The molecule has 1 unspecified atom stereocenters. The van der Waals surface area contributed by atoms with E-state index in [-0.39, 0.29) is 0 Å². The van der Waals surface area contributed by atoms with Crippen molar-refractivity contribution >= 4 is 0 Å². The highest BCUT2D eigenvalue weighted by Gasteiger charge is 2.02. The molecule has 0 aliphatic rings. The summed E-state index contributed by atoms with van der Waals surface area (Å²) in [6, 6.07) is 8.03. The average Bonchev–Trinajstić information content (AvgIpc) is 2.42. The molecule has 0 aliphatic heterocycles. The van der Waals surface area contributed by atoms with Gasteiger partial charge in [-0.25, -0.2) is 0 Å². The van der Waals surface area contributed by atoms with Crippen LogP contribution in [0, 0.1) is 0 Å². The third-order valence-corrected chi connectivity index (χ3v) is 2.91. The van der Waals surface area contributed by atoms with E-state index in [1.165, 1.54) is 5.56 Å². The van der Waals surface area contributed by atoms with Gasteiger partial charge in [0.2, 0.25) is 0 Å². The first-order valence-electron chi connectivity index (χ1n) is 6.71. The molecule has 1 N–H and O–H groups in total. The third kappa shape index (κ3) is 6.03. The Labute approximate surface area is 110 Å². The summed E-state index contributed by atoms with van der Waals surface area (Å²) in [6.45, 7) is 7.05. The quantitative estimate of drug-likeness (QED) is 0.684. The van der Waals surface area contributed by atoms with Crippen molar-refractivity contribution in [2.45, 2.75) is 39.4 Å². The van der Waals surface area contributed by atoms with Crippen LogP contribution >= 0.6 is 0 Å². The molecule has 0 saturated carbocycles. The lowest BCUT2D eigenvalue weighted by Gasteiger charge is -2.13. The molecule has 1 aromatic carbocycles. The minimum atomic E-state index is 0.311. The molecule has 0 bridgehead atoms. The highest BCUT2D eigenvalue weighted by atomic mass is 16.5. The molecule has 1 aromatic rings. The predicted octanol–water partition coefficient (Wildman–Crippen LogP) is 2.99. The van der Waals surface area contributed by atoms with E-state index in [4.69, 9.17) is 9.47 Å². The Kier molecular flexibility index (Phi) is 7.46. The van der Waals surface area contributed by atoms with Gasteiger partial charge in [0, 0.05) is 0 Å². The molecule has 3 nitrogen and oxygen atoms in total. The van der Waals surface area contributed by atoms with Gasteiger partial charge >= 0.3 is 0 Å². The van der Waals surface area contributed by atoms with Gasteiger partial charge < -0.3 is 14.8 Å². The van der Waals surface area contributed by atoms with Crippen LogP contribution in [0.25, 0.3) is 0 Å². The van der Waals surface area contributed by atoms with Gasteiger partial charge in [-0.3, -0.25) is 0 Å². The second-order valence-electron chi connectivity index (χ2n) is 4.47. The summed E-state index contributed by atoms with van der Waals surface area (Å²) in [5.74, 6) is 0.887. The van der Waals surface area contributed by atoms with Gasteiger partial charge in [-0.2, -0.15) is 0 Å². The maximum atomic E-state index is 5.81. The van der Waals surface area contributed by atoms with Gasteiger partial charge in [0.15, 0.2) is 0 Å². The number of rotatable bonds is 9. The summed E-state index contributed by atoms with van der Waals surface area (Å²) in [5.41, 5.74) is 1.19. The summed E-state index contributed by atoms with van der Waals surface area (Å²) < 4.78 is 10.9. The molecule has 1 rings (SSSR count). The summed E-state index contributed by atoms with van der Waals surface area (Å²) in [5, 5.41) is 3.32. The van der Waals surface area contributed by atoms with E-state index in [2.05, 4.69) is 19.2 Å². The van der Waals surface area contributed by atoms with Gasteiger partial charge in [-0.15, -0.1) is 0 Å². The summed E-state index contributed by atoms with van der Waals surface area (Å²) >= 11 is 0. The van der Waals surface area contributed by atoms with Crippen molar-refractivity contribution in [2.24, 2.45) is 0 Å². The molecule has 0 fully saturated rings. The zero-order valence-electron chi connectivity index (χ0n) is 11.7. The Bertz CT molecular complexity index is 311. The van der Waals surface area contributed by atoms with Gasteiger partial charge in [0.05, 0.1) is 19.8 Å². The molecule has 0 spiro atoms. The van der Waals surface area contributed by atoms with Crippen LogP contribution in [0.3, 0.4) is 0 Å². The average molecular weight is 251 g/mol. The smallest absolute Gasteiger partial charge is 0.118 e. The second-order valence-corrected chi connectivity index (χ2v) is 4.47. The lowest BCUT2D eigenvalue weighted by molar-refractivity contribution is 0.0464. The molecule has 0 amide bonds. The molecular weight excluding hydrogens is 226 g/mol. The molecule has 0 saturated heterocycles. The largest absolute Gasteiger partial charge is 0.497 e. The van der Waals surface area contributed by atoms with E-state index in [1.807, 2.05) is 24.3 Å². The van der Waals surface area contributed by atoms with E-state index in [9.17, 15) is 0 Å². The topological polar surface area (TPSA) is 30.5 Å². The molecule has 1 atom stereocenters. The molecule has 18 heavy (non-hydrogen) atoms. The summed E-state index contributed by atoms with van der Waals surface area (Å²) in [6.07, 6.45) is 2.58. The Balaban J connectivity index is 2.18. The molecular formula is C15H25NO2. The van der Waals surface area contributed by atoms with E-state index in [0.717, 1.165) is 31.7 Å². The molecule has 0 aliphatic carbocycles. The van der Waals surface area contributed by atoms with Crippen molar-refractivity contribution in [2.75, 3.05) is 20.2 Å². The second kappa shape index (κ2) is 8.95. The maximum Gasteiger partial charge on any atom is 0.118 e. The lowest BCUT2D eigenvalue weighted by atomic mass is 10.2. The highest BCUT2D eigenvalue weighted by Crippen LogP contribution is 2.13. The molecule has 0 aromatic heterocycles. The van der Waals surface area contributed by atoms with Gasteiger partial charge in [0.1, 0.15) is 5.75 Å². The van der Waals surface area contributed by atoms with E-state index in [1.54, 1.807) is 7.11 Å². The highest BCUT2D eigenvalue weighted by molar-refractivity contribution is 5.26. The number of methoxy groups -OCH3 is 1. The number of benzene rings is 1. The standard InChI is InChI=1S/C15H25NO2/c1-4-16-11-5-6-13(2)18-12-14-7-9-15(17-3)10-8-14/h7-10,13,16H,4-6,11-12H2,1-3H3. The first kappa shape index (κ1) is 15.0. The minimum absolute atomic E-state index is 0.311. The van der Waals surface area contributed by atoms with E-state index in [0.29, 0.717) is 12.7 Å². The SMILES string of the molecule is CCNCCCC(C)OCc1ccc(OC)cc1. The Hall–Kier alpha value is -1.06. The molecule has 0 heterocycles. The fourth-order valence-electron chi connectivity index (χ4n) is 1.73. The van der Waals surface area contributed by atoms with Crippen LogP contribution in [-0.4, -0.2) is 26.3 Å². The van der Waals surface area contributed by atoms with Crippen LogP contribution in [0.15, 0.2) is 24.3 Å². The van der Waals surface area contributed by atoms with E-state index < -0.39 is 0 Å². The van der Waals surface area contributed by atoms with Crippen LogP contribution in [0.4, 0.5) is 0 Å². The van der Waals surface area contributed by atoms with Crippen LogP contribution < -0.4 is 10.1 Å². The monoisotopic (exact) mass is 251 g/mol. The minimum Gasteiger partial charge on any atom is -0.497 e. The van der Waals surface area contributed by atoms with Crippen LogP contribution in [-0.2, 0) is 11.3 Å². The van der Waals surface area contributed by atoms with Crippen molar-refractivity contribution in [1.82, 2.24) is 5.32 Å². The first-order chi connectivity index (χ1) is 8.76. The van der Waals surface area contributed by atoms with Gasteiger partial charge in [-0.05, 0) is 50.6 Å². The zero-order valence-corrected chi connectivity index (χ0v) is 11.7. The fourth-order valence-corrected chi connectivity index (χ4v) is 1.73. The zero-order chi connectivity index (χ0) is 13.2. The Morgan fingerprint density at radius 2 is 1.94 bits per heavy atom. The number of nitrogens with one attached hydrogen (secondary N) is 1.